The van der Waals surface area contributed by atoms with Crippen LogP contribution < -0.4 is 10.6 Å². The van der Waals surface area contributed by atoms with E-state index in [4.69, 9.17) is 0 Å². The monoisotopic (exact) mass is 306 g/mol. The maximum absolute atomic E-state index is 12.4. The molecule has 2 heterocycles. The Hall–Kier alpha value is -2.01. The van der Waals surface area contributed by atoms with E-state index in [0.717, 1.165) is 35.7 Å². The third-order valence-electron chi connectivity index (χ3n) is 3.82. The van der Waals surface area contributed by atoms with Crippen molar-refractivity contribution in [2.75, 3.05) is 17.2 Å². The van der Waals surface area contributed by atoms with Crippen LogP contribution in [-0.4, -0.2) is 22.2 Å². The molecule has 1 aromatic carbocycles. The van der Waals surface area contributed by atoms with Gasteiger partial charge < -0.3 is 10.6 Å². The minimum absolute atomic E-state index is 0. The molecule has 2 N–H and O–H groups in total. The number of anilines is 2. The SMILES string of the molecule is Cc1nn(C)c(C)c1NC(=O)c1ccc2c(c1)CCN2.Cl. The first-order chi connectivity index (χ1) is 9.56. The van der Waals surface area contributed by atoms with Crippen molar-refractivity contribution in [3.05, 3.63) is 40.7 Å². The van der Waals surface area contributed by atoms with Crippen molar-refractivity contribution >= 4 is 29.7 Å². The summed E-state index contributed by atoms with van der Waals surface area (Å²) in [5.41, 5.74) is 5.62. The fourth-order valence-electron chi connectivity index (χ4n) is 2.59. The molecule has 1 aliphatic heterocycles. The standard InChI is InChI=1S/C15H18N4O.ClH/c1-9-14(10(2)19(3)18-9)17-15(20)12-4-5-13-11(8-12)6-7-16-13;/h4-5,8,16H,6-7H2,1-3H3,(H,17,20);1H. The fraction of sp³-hybridized carbons (Fsp3) is 0.333. The van der Waals surface area contributed by atoms with Crippen LogP contribution in [0.2, 0.25) is 0 Å². The zero-order chi connectivity index (χ0) is 14.3. The molecular weight excluding hydrogens is 288 g/mol. The van der Waals surface area contributed by atoms with Gasteiger partial charge >= 0.3 is 0 Å². The highest BCUT2D eigenvalue weighted by Gasteiger charge is 2.16. The molecule has 2 aromatic rings. The Morgan fingerprint density at radius 1 is 1.38 bits per heavy atom. The van der Waals surface area contributed by atoms with E-state index >= 15 is 0 Å². The number of amides is 1. The lowest BCUT2D eigenvalue weighted by Gasteiger charge is -2.07. The normalized spacial score (nSPS) is 12.3. The molecule has 21 heavy (non-hydrogen) atoms. The van der Waals surface area contributed by atoms with Gasteiger partial charge in [0.05, 0.1) is 17.1 Å². The second kappa shape index (κ2) is 5.77. The van der Waals surface area contributed by atoms with Crippen LogP contribution in [0.4, 0.5) is 11.4 Å². The molecule has 1 amide bonds. The van der Waals surface area contributed by atoms with Gasteiger partial charge in [0.2, 0.25) is 0 Å². The number of carbonyl (C=O) groups is 1. The van der Waals surface area contributed by atoms with Crippen LogP contribution in [-0.2, 0) is 13.5 Å². The van der Waals surface area contributed by atoms with E-state index < -0.39 is 0 Å². The van der Waals surface area contributed by atoms with Crippen LogP contribution >= 0.6 is 12.4 Å². The molecule has 0 radical (unpaired) electrons. The topological polar surface area (TPSA) is 59.0 Å². The number of fused-ring (bicyclic) bond motifs is 1. The van der Waals surface area contributed by atoms with Gasteiger partial charge in [0.15, 0.2) is 0 Å². The van der Waals surface area contributed by atoms with Crippen molar-refractivity contribution in [1.82, 2.24) is 9.78 Å². The third kappa shape index (κ3) is 2.74. The minimum atomic E-state index is -0.0844. The Kier molecular flexibility index (Phi) is 4.23. The summed E-state index contributed by atoms with van der Waals surface area (Å²) < 4.78 is 1.78. The van der Waals surface area contributed by atoms with Gasteiger partial charge in [-0.1, -0.05) is 0 Å². The summed E-state index contributed by atoms with van der Waals surface area (Å²) in [5.74, 6) is -0.0844. The van der Waals surface area contributed by atoms with Crippen LogP contribution in [0.15, 0.2) is 18.2 Å². The van der Waals surface area contributed by atoms with Crippen LogP contribution in [0.3, 0.4) is 0 Å². The second-order valence-corrected chi connectivity index (χ2v) is 5.17. The molecule has 0 saturated carbocycles. The van der Waals surface area contributed by atoms with E-state index in [1.165, 1.54) is 5.56 Å². The van der Waals surface area contributed by atoms with Gasteiger partial charge in [-0.3, -0.25) is 9.48 Å². The van der Waals surface area contributed by atoms with Crippen molar-refractivity contribution in [2.24, 2.45) is 7.05 Å². The van der Waals surface area contributed by atoms with Gasteiger partial charge in [0.25, 0.3) is 5.91 Å². The highest BCUT2D eigenvalue weighted by Crippen LogP contribution is 2.24. The zero-order valence-corrected chi connectivity index (χ0v) is 13.2. The number of nitrogens with one attached hydrogen (secondary N) is 2. The first kappa shape index (κ1) is 15.4. The van der Waals surface area contributed by atoms with Crippen LogP contribution in [0, 0.1) is 13.8 Å². The van der Waals surface area contributed by atoms with E-state index in [9.17, 15) is 4.79 Å². The van der Waals surface area contributed by atoms with Crippen LogP contribution in [0.5, 0.6) is 0 Å². The molecule has 6 heteroatoms. The van der Waals surface area contributed by atoms with Gasteiger partial charge in [-0.25, -0.2) is 0 Å². The summed E-state index contributed by atoms with van der Waals surface area (Å²) in [6.07, 6.45) is 0.974. The molecule has 0 saturated heterocycles. The number of nitrogens with zero attached hydrogens (tertiary/aromatic N) is 2. The molecule has 0 bridgehead atoms. The highest BCUT2D eigenvalue weighted by atomic mass is 35.5. The summed E-state index contributed by atoms with van der Waals surface area (Å²) in [5, 5.41) is 10.6. The van der Waals surface area contributed by atoms with E-state index in [-0.39, 0.29) is 18.3 Å². The first-order valence-electron chi connectivity index (χ1n) is 6.74. The van der Waals surface area contributed by atoms with Gasteiger partial charge in [0.1, 0.15) is 0 Å². The number of carbonyl (C=O) groups excluding carboxylic acids is 1. The van der Waals surface area contributed by atoms with Crippen molar-refractivity contribution < 1.29 is 4.79 Å². The lowest BCUT2D eigenvalue weighted by atomic mass is 10.1. The number of hydrogen-bond acceptors (Lipinski definition) is 3. The summed E-state index contributed by atoms with van der Waals surface area (Å²) in [6, 6.07) is 5.79. The number of halogens is 1. The Bertz CT molecular complexity index is 693. The quantitative estimate of drug-likeness (QED) is 0.897. The van der Waals surface area contributed by atoms with Crippen molar-refractivity contribution in [2.45, 2.75) is 20.3 Å². The summed E-state index contributed by atoms with van der Waals surface area (Å²) >= 11 is 0. The van der Waals surface area contributed by atoms with Crippen LogP contribution in [0.1, 0.15) is 27.3 Å². The molecule has 5 nitrogen and oxygen atoms in total. The van der Waals surface area contributed by atoms with Crippen molar-refractivity contribution in [1.29, 1.82) is 0 Å². The third-order valence-corrected chi connectivity index (χ3v) is 3.82. The molecule has 0 aliphatic carbocycles. The average Bonchev–Trinajstić information content (AvgIpc) is 2.98. The summed E-state index contributed by atoms with van der Waals surface area (Å²) in [4.78, 5) is 12.4. The van der Waals surface area contributed by atoms with E-state index in [2.05, 4.69) is 15.7 Å². The van der Waals surface area contributed by atoms with Crippen molar-refractivity contribution in [3.63, 3.8) is 0 Å². The second-order valence-electron chi connectivity index (χ2n) is 5.17. The van der Waals surface area contributed by atoms with Gasteiger partial charge in [-0.15, -0.1) is 12.4 Å². The number of benzene rings is 1. The van der Waals surface area contributed by atoms with Gasteiger partial charge in [0, 0.05) is 24.8 Å². The summed E-state index contributed by atoms with van der Waals surface area (Å²) in [6.45, 7) is 4.79. The summed E-state index contributed by atoms with van der Waals surface area (Å²) in [7, 11) is 1.87. The molecule has 1 aliphatic rings. The van der Waals surface area contributed by atoms with Gasteiger partial charge in [-0.2, -0.15) is 5.10 Å². The number of hydrogen-bond donors (Lipinski definition) is 2. The molecule has 112 valence electrons. The first-order valence-corrected chi connectivity index (χ1v) is 6.74. The Labute approximate surface area is 130 Å². The Balaban J connectivity index is 0.00000161. The molecule has 3 rings (SSSR count). The number of aryl methyl sites for hydroxylation is 2. The predicted octanol–water partition coefficient (Wildman–Crippen LogP) is 2.68. The molecule has 0 unspecified atom stereocenters. The fourth-order valence-corrected chi connectivity index (χ4v) is 2.59. The Morgan fingerprint density at radius 2 is 2.14 bits per heavy atom. The molecule has 0 spiro atoms. The van der Waals surface area contributed by atoms with E-state index in [0.29, 0.717) is 5.56 Å². The minimum Gasteiger partial charge on any atom is -0.384 e. The molecule has 0 fully saturated rings. The maximum atomic E-state index is 12.4. The predicted molar refractivity (Wildman–Crippen MR) is 86.5 cm³/mol. The average molecular weight is 307 g/mol. The lowest BCUT2D eigenvalue weighted by Crippen LogP contribution is -2.13. The van der Waals surface area contributed by atoms with Gasteiger partial charge in [-0.05, 0) is 44.0 Å². The number of rotatable bonds is 2. The number of aromatic nitrogens is 2. The highest BCUT2D eigenvalue weighted by molar-refractivity contribution is 6.05. The molecule has 0 atom stereocenters. The lowest BCUT2D eigenvalue weighted by molar-refractivity contribution is 0.102. The van der Waals surface area contributed by atoms with E-state index in [1.54, 1.807) is 4.68 Å². The van der Waals surface area contributed by atoms with Crippen molar-refractivity contribution in [3.8, 4) is 0 Å². The van der Waals surface area contributed by atoms with E-state index in [1.807, 2.05) is 39.1 Å². The smallest absolute Gasteiger partial charge is 0.255 e. The largest absolute Gasteiger partial charge is 0.384 e. The maximum Gasteiger partial charge on any atom is 0.255 e. The Morgan fingerprint density at radius 3 is 2.81 bits per heavy atom. The zero-order valence-electron chi connectivity index (χ0n) is 12.4. The van der Waals surface area contributed by atoms with Crippen LogP contribution in [0.25, 0.3) is 0 Å². The molecular formula is C15H19ClN4O. The molecule has 1 aromatic heterocycles.